The molecule has 0 rings (SSSR count). The molecule has 0 N–H and O–H groups in total. The molecule has 0 spiro atoms. The molecule has 0 aromatic carbocycles. The monoisotopic (exact) mass is 175 g/mol. The quantitative estimate of drug-likeness (QED) is 0.425. The van der Waals surface area contributed by atoms with E-state index in [2.05, 4.69) is 11.0 Å². The first-order valence-corrected chi connectivity index (χ1v) is 3.46. The second-order valence-corrected chi connectivity index (χ2v) is 2.11. The Morgan fingerprint density at radius 2 is 2.40 bits per heavy atom. The van der Waals surface area contributed by atoms with Gasteiger partial charge in [0, 0.05) is 0 Å². The van der Waals surface area contributed by atoms with Crippen molar-refractivity contribution in [3.8, 4) is 0 Å². The maximum absolute atomic E-state index is 3.54. The summed E-state index contributed by atoms with van der Waals surface area (Å²) in [4.78, 5) is 0. The van der Waals surface area contributed by atoms with Gasteiger partial charge in [0.15, 0.2) is 0 Å². The molecule has 27 valence electrons. The van der Waals surface area contributed by atoms with Gasteiger partial charge in [0.1, 0.15) is 0 Å². The maximum atomic E-state index is 3.54. The molecule has 0 aliphatic rings. The summed E-state index contributed by atoms with van der Waals surface area (Å²) in [5.41, 5.74) is 0. The summed E-state index contributed by atoms with van der Waals surface area (Å²) in [7, 11) is 0. The predicted octanol–water partition coefficient (Wildman–Crippen LogP) is 0.625. The Balaban J connectivity index is 2.40. The topological polar surface area (TPSA) is 0 Å². The molecule has 0 saturated heterocycles. The van der Waals surface area contributed by atoms with E-state index in [1.807, 2.05) is 6.08 Å². The molecular formula is C4H7Sn. The van der Waals surface area contributed by atoms with E-state index in [9.17, 15) is 0 Å². The zero-order valence-corrected chi connectivity index (χ0v) is 6.44. The normalized spacial score (nSPS) is 7.40. The van der Waals surface area contributed by atoms with E-state index in [1.165, 1.54) is 22.5 Å². The van der Waals surface area contributed by atoms with Gasteiger partial charge in [-0.05, 0) is 0 Å². The molecule has 1 heteroatoms. The molecule has 0 heterocycles. The van der Waals surface area contributed by atoms with Gasteiger partial charge in [0.05, 0.1) is 0 Å². The van der Waals surface area contributed by atoms with Crippen molar-refractivity contribution in [2.24, 2.45) is 0 Å². The summed E-state index contributed by atoms with van der Waals surface area (Å²) in [5.74, 6) is 0. The number of allylic oxidation sites excluding steroid dienone is 1. The van der Waals surface area contributed by atoms with Gasteiger partial charge in [-0.2, -0.15) is 0 Å². The second kappa shape index (κ2) is 4.54. The molecule has 5 heavy (non-hydrogen) atoms. The minimum atomic E-state index is 1.09. The molecular weight excluding hydrogens is 167 g/mol. The van der Waals surface area contributed by atoms with E-state index in [-0.39, 0.29) is 0 Å². The van der Waals surface area contributed by atoms with Gasteiger partial charge < -0.3 is 0 Å². The Bertz CT molecular complexity index is 24.8. The van der Waals surface area contributed by atoms with Crippen molar-refractivity contribution in [2.45, 2.75) is 6.42 Å². The molecule has 0 nitrogen and oxygen atoms in total. The Hall–Kier alpha value is 0.539. The summed E-state index contributed by atoms with van der Waals surface area (Å²) in [5, 5.41) is 0. The molecule has 0 fully saturated rings. The van der Waals surface area contributed by atoms with Crippen molar-refractivity contribution in [3.63, 3.8) is 0 Å². The SMILES string of the molecule is C=CC[CH][SnH]. The van der Waals surface area contributed by atoms with Crippen LogP contribution in [0.3, 0.4) is 0 Å². The Labute approximate surface area is 46.4 Å². The van der Waals surface area contributed by atoms with Gasteiger partial charge >= 0.3 is 46.0 Å². The fraction of sp³-hybridized carbons (Fsp3) is 0.250. The number of hydrogen-bond acceptors (Lipinski definition) is 0. The number of hydrogen-bond donors (Lipinski definition) is 0. The van der Waals surface area contributed by atoms with Crippen LogP contribution in [0.15, 0.2) is 12.7 Å². The molecule has 3 radical (unpaired) electrons. The molecule has 0 aliphatic carbocycles. The fourth-order valence-electron chi connectivity index (χ4n) is 0.0962. The van der Waals surface area contributed by atoms with Crippen LogP contribution in [0.4, 0.5) is 0 Å². The molecule has 0 bridgehead atoms. The Morgan fingerprint density at radius 1 is 1.80 bits per heavy atom. The van der Waals surface area contributed by atoms with Crippen LogP contribution < -0.4 is 0 Å². The molecule has 0 amide bonds. The van der Waals surface area contributed by atoms with Crippen molar-refractivity contribution < 1.29 is 0 Å². The van der Waals surface area contributed by atoms with Gasteiger partial charge in [-0.15, -0.1) is 0 Å². The number of rotatable bonds is 2. The first-order valence-electron chi connectivity index (χ1n) is 1.56. The summed E-state index contributed by atoms with van der Waals surface area (Å²) >= 11 is 1.25. The van der Waals surface area contributed by atoms with E-state index in [4.69, 9.17) is 0 Å². The van der Waals surface area contributed by atoms with Crippen molar-refractivity contribution >= 4 is 22.5 Å². The first-order chi connectivity index (χ1) is 2.41. The molecule has 0 unspecified atom stereocenters. The van der Waals surface area contributed by atoms with Crippen LogP contribution in [-0.4, -0.2) is 22.5 Å². The van der Waals surface area contributed by atoms with Crippen molar-refractivity contribution in [2.75, 3.05) is 0 Å². The molecule has 0 saturated carbocycles. The van der Waals surface area contributed by atoms with E-state index in [0.29, 0.717) is 0 Å². The van der Waals surface area contributed by atoms with E-state index >= 15 is 0 Å². The zero-order chi connectivity index (χ0) is 4.12. The molecule has 0 aliphatic heterocycles. The Morgan fingerprint density at radius 3 is 2.40 bits per heavy atom. The van der Waals surface area contributed by atoms with Crippen LogP contribution in [0.25, 0.3) is 0 Å². The summed E-state index contributed by atoms with van der Waals surface area (Å²) in [6.45, 7) is 3.54. The standard InChI is InChI=1S/C4H6.Sn.H/c1-3-4-2;;/h1,4H,2-3H2;;. The first kappa shape index (κ1) is 5.54. The van der Waals surface area contributed by atoms with Crippen LogP contribution in [0.1, 0.15) is 6.42 Å². The van der Waals surface area contributed by atoms with E-state index < -0.39 is 0 Å². The average molecular weight is 174 g/mol. The third-order valence-corrected chi connectivity index (χ3v) is 1.08. The van der Waals surface area contributed by atoms with Crippen LogP contribution in [0, 0.1) is 4.44 Å². The molecule has 0 aromatic rings. The second-order valence-electron chi connectivity index (χ2n) is 0.760. The average Bonchev–Trinajstić information content (AvgIpc) is 1.41. The van der Waals surface area contributed by atoms with Gasteiger partial charge in [-0.3, -0.25) is 0 Å². The summed E-state index contributed by atoms with van der Waals surface area (Å²) in [6.07, 6.45) is 2.99. The predicted molar refractivity (Wildman–Crippen MR) is 26.3 cm³/mol. The molecule has 0 atom stereocenters. The third-order valence-electron chi connectivity index (χ3n) is 0.303. The molecule has 0 aromatic heterocycles. The minimum absolute atomic E-state index is 1.09. The van der Waals surface area contributed by atoms with Gasteiger partial charge in [0.25, 0.3) is 0 Å². The van der Waals surface area contributed by atoms with Crippen LogP contribution in [-0.2, 0) is 0 Å². The van der Waals surface area contributed by atoms with Crippen LogP contribution >= 0.6 is 0 Å². The summed E-state index contributed by atoms with van der Waals surface area (Å²) in [6, 6.07) is 0. The van der Waals surface area contributed by atoms with Gasteiger partial charge in [0.2, 0.25) is 0 Å². The van der Waals surface area contributed by atoms with Crippen molar-refractivity contribution in [1.82, 2.24) is 0 Å². The van der Waals surface area contributed by atoms with Gasteiger partial charge in [-0.1, -0.05) is 0 Å². The summed E-state index contributed by atoms with van der Waals surface area (Å²) < 4.78 is 2.19. The van der Waals surface area contributed by atoms with E-state index in [1.54, 1.807) is 0 Å². The fourth-order valence-corrected chi connectivity index (χ4v) is 0.645. The van der Waals surface area contributed by atoms with Gasteiger partial charge in [-0.25, -0.2) is 0 Å². The third kappa shape index (κ3) is 4.54. The van der Waals surface area contributed by atoms with Crippen molar-refractivity contribution in [3.05, 3.63) is 17.1 Å². The van der Waals surface area contributed by atoms with Crippen LogP contribution in [0.5, 0.6) is 0 Å². The van der Waals surface area contributed by atoms with E-state index in [0.717, 1.165) is 6.42 Å². The Kier molecular flexibility index (Phi) is 5.03. The zero-order valence-electron chi connectivity index (χ0n) is 3.15. The van der Waals surface area contributed by atoms with Crippen molar-refractivity contribution in [1.29, 1.82) is 0 Å². The van der Waals surface area contributed by atoms with Crippen LogP contribution in [0.2, 0.25) is 0 Å².